The summed E-state index contributed by atoms with van der Waals surface area (Å²) >= 11 is 0. The number of fused-ring (bicyclic) bond motifs is 1. The molecule has 3 aliphatic carbocycles. The van der Waals surface area contributed by atoms with Crippen molar-refractivity contribution in [2.24, 2.45) is 33.2 Å². The highest BCUT2D eigenvalue weighted by Gasteiger charge is 2.52. The minimum absolute atomic E-state index is 0.0159. The van der Waals surface area contributed by atoms with E-state index in [-0.39, 0.29) is 42.2 Å². The number of hydrogen-bond donors (Lipinski definition) is 4. The number of carbonyl (C=O) groups is 6. The third-order valence-electron chi connectivity index (χ3n) is 10.9. The fraction of sp³-hybridized carbons (Fsp3) is 0.778. The van der Waals surface area contributed by atoms with E-state index in [9.17, 15) is 28.8 Å². The normalized spacial score (nSPS) is 27.1. The molecule has 5 aliphatic rings. The summed E-state index contributed by atoms with van der Waals surface area (Å²) in [6.07, 6.45) is 12.8. The summed E-state index contributed by atoms with van der Waals surface area (Å²) in [6.45, 7) is 8.10. The SMILES string of the molecule is CCC[C@H](NC(=O)[C@@H]1[C@H]2CCC[C@H]2CN1C(=O)[C@@H](NC(=O)[C@@H](NC(=O)C1CN=CC=N1)C1CCCCC1)C(C)(C)C)C(=O)C(=O)NC1CC1. The van der Waals surface area contributed by atoms with Crippen LogP contribution in [0.3, 0.4) is 0 Å². The maximum absolute atomic E-state index is 14.6. The summed E-state index contributed by atoms with van der Waals surface area (Å²) in [6, 6.07) is -4.32. The van der Waals surface area contributed by atoms with Crippen LogP contribution in [0.1, 0.15) is 105 Å². The number of rotatable bonds is 13. The number of hydrogen-bond acceptors (Lipinski definition) is 8. The zero-order valence-electron chi connectivity index (χ0n) is 29.5. The monoisotopic (exact) mass is 681 g/mol. The first-order valence-corrected chi connectivity index (χ1v) is 18.5. The van der Waals surface area contributed by atoms with Crippen molar-refractivity contribution in [1.82, 2.24) is 26.2 Å². The molecule has 0 aromatic rings. The summed E-state index contributed by atoms with van der Waals surface area (Å²) in [5.74, 6) is -2.97. The Morgan fingerprint density at radius 3 is 2.22 bits per heavy atom. The predicted octanol–water partition coefficient (Wildman–Crippen LogP) is 1.87. The summed E-state index contributed by atoms with van der Waals surface area (Å²) in [5.41, 5.74) is -0.726. The Kier molecular flexibility index (Phi) is 11.9. The van der Waals surface area contributed by atoms with Gasteiger partial charge in [-0.25, -0.2) is 0 Å². The van der Waals surface area contributed by atoms with Crippen molar-refractivity contribution < 1.29 is 28.8 Å². The molecule has 7 atom stereocenters. The molecule has 2 heterocycles. The fourth-order valence-electron chi connectivity index (χ4n) is 8.03. The molecule has 13 nitrogen and oxygen atoms in total. The zero-order valence-corrected chi connectivity index (χ0v) is 29.5. The molecular weight excluding hydrogens is 626 g/mol. The van der Waals surface area contributed by atoms with Crippen molar-refractivity contribution in [3.05, 3.63) is 0 Å². The number of aliphatic imine (C=N–C) groups is 2. The second-order valence-electron chi connectivity index (χ2n) is 15.8. The topological polar surface area (TPSA) is 178 Å². The average molecular weight is 682 g/mol. The lowest BCUT2D eigenvalue weighted by Gasteiger charge is -2.38. The van der Waals surface area contributed by atoms with Gasteiger partial charge in [-0.1, -0.05) is 59.8 Å². The molecule has 1 unspecified atom stereocenters. The molecule has 0 spiro atoms. The average Bonchev–Trinajstić information content (AvgIpc) is 3.65. The van der Waals surface area contributed by atoms with Crippen molar-refractivity contribution in [2.45, 2.75) is 141 Å². The van der Waals surface area contributed by atoms with Gasteiger partial charge < -0.3 is 26.2 Å². The highest BCUT2D eigenvalue weighted by atomic mass is 16.2. The van der Waals surface area contributed by atoms with Crippen LogP contribution in [0.4, 0.5) is 0 Å². The smallest absolute Gasteiger partial charge is 0.289 e. The molecule has 1 saturated heterocycles. The molecule has 49 heavy (non-hydrogen) atoms. The van der Waals surface area contributed by atoms with Crippen LogP contribution >= 0.6 is 0 Å². The highest BCUT2D eigenvalue weighted by Crippen LogP contribution is 2.43. The van der Waals surface area contributed by atoms with Gasteiger partial charge in [-0.15, -0.1) is 0 Å². The second kappa shape index (κ2) is 15.9. The number of carbonyl (C=O) groups excluding carboxylic acids is 6. The van der Waals surface area contributed by atoms with Crippen LogP contribution in [0, 0.1) is 23.2 Å². The number of nitrogens with one attached hydrogen (secondary N) is 4. The van der Waals surface area contributed by atoms with Crippen molar-refractivity contribution in [3.63, 3.8) is 0 Å². The first-order valence-electron chi connectivity index (χ1n) is 18.5. The molecule has 2 aliphatic heterocycles. The van der Waals surface area contributed by atoms with Gasteiger partial charge in [0.05, 0.1) is 12.6 Å². The van der Waals surface area contributed by atoms with E-state index in [0.717, 1.165) is 64.2 Å². The zero-order chi connectivity index (χ0) is 35.3. The molecule has 270 valence electrons. The van der Waals surface area contributed by atoms with Gasteiger partial charge in [0.25, 0.3) is 5.91 Å². The van der Waals surface area contributed by atoms with Crippen LogP contribution in [0.15, 0.2) is 9.98 Å². The fourth-order valence-corrected chi connectivity index (χ4v) is 8.03. The Labute approximate surface area is 289 Å². The van der Waals surface area contributed by atoms with Gasteiger partial charge in [0.1, 0.15) is 24.2 Å². The number of amides is 5. The van der Waals surface area contributed by atoms with Crippen LogP contribution in [0.25, 0.3) is 0 Å². The quantitative estimate of drug-likeness (QED) is 0.216. The maximum Gasteiger partial charge on any atom is 0.289 e. The Hall–Kier alpha value is -3.64. The molecule has 0 radical (unpaired) electrons. The van der Waals surface area contributed by atoms with E-state index >= 15 is 0 Å². The predicted molar refractivity (Wildman–Crippen MR) is 185 cm³/mol. The van der Waals surface area contributed by atoms with E-state index in [2.05, 4.69) is 31.3 Å². The summed E-state index contributed by atoms with van der Waals surface area (Å²) in [7, 11) is 0. The lowest BCUT2D eigenvalue weighted by Crippen LogP contribution is -2.62. The number of likely N-dealkylation sites (tertiary alicyclic amines) is 1. The Bertz CT molecular complexity index is 1330. The molecule has 5 amide bonds. The van der Waals surface area contributed by atoms with E-state index in [1.54, 1.807) is 11.1 Å². The van der Waals surface area contributed by atoms with E-state index < -0.39 is 59.1 Å². The minimum Gasteiger partial charge on any atom is -0.347 e. The van der Waals surface area contributed by atoms with E-state index in [4.69, 9.17) is 0 Å². The van der Waals surface area contributed by atoms with Crippen LogP contribution in [0.5, 0.6) is 0 Å². The molecule has 0 bridgehead atoms. The first-order chi connectivity index (χ1) is 23.4. The summed E-state index contributed by atoms with van der Waals surface area (Å²) in [4.78, 5) is 91.8. The van der Waals surface area contributed by atoms with Gasteiger partial charge in [0.2, 0.25) is 29.4 Å². The van der Waals surface area contributed by atoms with Gasteiger partial charge in [0, 0.05) is 25.0 Å². The lowest BCUT2D eigenvalue weighted by atomic mass is 9.82. The van der Waals surface area contributed by atoms with E-state index in [1.807, 2.05) is 27.7 Å². The number of ketones is 1. The highest BCUT2D eigenvalue weighted by molar-refractivity contribution is 6.38. The van der Waals surface area contributed by atoms with Crippen LogP contribution in [-0.4, -0.2) is 102 Å². The van der Waals surface area contributed by atoms with Crippen molar-refractivity contribution in [3.8, 4) is 0 Å². The third-order valence-corrected chi connectivity index (χ3v) is 10.9. The molecular formula is C36H55N7O6. The van der Waals surface area contributed by atoms with Crippen LogP contribution in [0.2, 0.25) is 0 Å². The van der Waals surface area contributed by atoms with E-state index in [1.165, 1.54) is 6.21 Å². The molecule has 5 rings (SSSR count). The summed E-state index contributed by atoms with van der Waals surface area (Å²) in [5, 5.41) is 11.6. The Morgan fingerprint density at radius 1 is 0.857 bits per heavy atom. The Morgan fingerprint density at radius 2 is 1.59 bits per heavy atom. The molecule has 3 saturated carbocycles. The molecule has 4 fully saturated rings. The molecule has 4 N–H and O–H groups in total. The van der Waals surface area contributed by atoms with E-state index in [0.29, 0.717) is 19.4 Å². The van der Waals surface area contributed by atoms with Crippen molar-refractivity contribution in [2.75, 3.05) is 13.1 Å². The largest absolute Gasteiger partial charge is 0.347 e. The van der Waals surface area contributed by atoms with Gasteiger partial charge in [0.15, 0.2) is 0 Å². The molecule has 13 heteroatoms. The Balaban J connectivity index is 1.34. The first kappa shape index (κ1) is 36.6. The maximum atomic E-state index is 14.6. The molecule has 0 aromatic heterocycles. The van der Waals surface area contributed by atoms with Crippen molar-refractivity contribution in [1.29, 1.82) is 0 Å². The van der Waals surface area contributed by atoms with Gasteiger partial charge in [-0.2, -0.15) is 0 Å². The second-order valence-corrected chi connectivity index (χ2v) is 15.8. The van der Waals surface area contributed by atoms with Gasteiger partial charge in [-0.3, -0.25) is 38.8 Å². The molecule has 0 aromatic carbocycles. The lowest BCUT2D eigenvalue weighted by molar-refractivity contribution is -0.146. The van der Waals surface area contributed by atoms with Crippen LogP contribution < -0.4 is 21.3 Å². The number of Topliss-reactive ketones (excluding diaryl/α,β-unsaturated/α-hetero) is 1. The third kappa shape index (κ3) is 8.94. The van der Waals surface area contributed by atoms with Crippen LogP contribution in [-0.2, 0) is 28.8 Å². The minimum atomic E-state index is -0.981. The standard InChI is InChI=1S/C36H55N7O6/c1-5-10-25(29(44)34(48)39-23-15-16-23)40-33(47)28-24-14-9-13-22(24)20-43(28)35(49)30(36(2,3)4)42-32(46)27(21-11-7-6-8-12-21)41-31(45)26-19-37-17-18-38-26/h17-18,21-28,30H,5-16,19-20H2,1-4H3,(H,39,48)(H,40,47)(H,41,45)(H,42,46)/t22-,24-,25-,26?,27-,28-,30+/m0/s1. The van der Waals surface area contributed by atoms with Crippen molar-refractivity contribution >= 4 is 47.7 Å². The van der Waals surface area contributed by atoms with Gasteiger partial charge >= 0.3 is 0 Å². The number of nitrogens with zero attached hydrogens (tertiary/aromatic N) is 3. The van der Waals surface area contributed by atoms with Gasteiger partial charge in [-0.05, 0) is 68.1 Å². The summed E-state index contributed by atoms with van der Waals surface area (Å²) < 4.78 is 0.